The first kappa shape index (κ1) is 15.2. The van der Waals surface area contributed by atoms with Gasteiger partial charge in [-0.3, -0.25) is 0 Å². The molecule has 0 fully saturated rings. The molecule has 0 spiro atoms. The van der Waals surface area contributed by atoms with Crippen molar-refractivity contribution in [3.63, 3.8) is 0 Å². The minimum atomic E-state index is -0.147. The molecule has 1 atom stereocenters. The van der Waals surface area contributed by atoms with Gasteiger partial charge in [0.25, 0.3) is 0 Å². The number of ether oxygens (including phenoxy) is 1. The summed E-state index contributed by atoms with van der Waals surface area (Å²) in [6.45, 7) is 4.91. The van der Waals surface area contributed by atoms with Gasteiger partial charge < -0.3 is 14.2 Å². The zero-order valence-corrected chi connectivity index (χ0v) is 13.0. The number of nitrogens with zero attached hydrogens (tertiary/aromatic N) is 4. The van der Waals surface area contributed by atoms with Gasteiger partial charge in [0.05, 0.1) is 18.6 Å². The van der Waals surface area contributed by atoms with E-state index in [9.17, 15) is 0 Å². The van der Waals surface area contributed by atoms with Crippen LogP contribution in [0.5, 0.6) is 0 Å². The van der Waals surface area contributed by atoms with Crippen molar-refractivity contribution in [2.24, 2.45) is 0 Å². The molecule has 0 N–H and O–H groups in total. The first-order valence-electron chi connectivity index (χ1n) is 6.77. The number of hydrogen-bond acceptors (Lipinski definition) is 4. The topological polar surface area (TPSA) is 43.2 Å². The summed E-state index contributed by atoms with van der Waals surface area (Å²) >= 11 is 6.20. The number of rotatable bonds is 7. The smallest absolute Gasteiger partial charge is 0.160 e. The fourth-order valence-corrected chi connectivity index (χ4v) is 2.17. The molecule has 2 rings (SSSR count). The van der Waals surface area contributed by atoms with Crippen molar-refractivity contribution in [3.8, 4) is 0 Å². The molecule has 110 valence electrons. The van der Waals surface area contributed by atoms with E-state index in [1.54, 1.807) is 6.20 Å². The monoisotopic (exact) mass is 296 g/mol. The largest absolute Gasteiger partial charge is 0.378 e. The first-order valence-corrected chi connectivity index (χ1v) is 7.21. The summed E-state index contributed by atoms with van der Waals surface area (Å²) in [5.74, 6) is 0.844. The van der Waals surface area contributed by atoms with Gasteiger partial charge in [-0.25, -0.2) is 9.97 Å². The maximum atomic E-state index is 6.20. The molecule has 0 aromatic carbocycles. The summed E-state index contributed by atoms with van der Waals surface area (Å²) in [6.07, 6.45) is 1.77. The normalized spacial score (nSPS) is 13.2. The Bertz CT molecular complexity index is 553. The molecule has 2 aromatic rings. The number of halogens is 1. The third-order valence-corrected chi connectivity index (χ3v) is 3.23. The van der Waals surface area contributed by atoms with Gasteiger partial charge in [-0.15, -0.1) is 11.6 Å². The number of alkyl halides is 1. The van der Waals surface area contributed by atoms with Crippen molar-refractivity contribution < 1.29 is 4.74 Å². The fraction of sp³-hybridized carbons (Fsp3) is 0.571. The zero-order chi connectivity index (χ0) is 14.5. The third kappa shape index (κ3) is 3.69. The van der Waals surface area contributed by atoms with Gasteiger partial charge in [0.15, 0.2) is 5.65 Å². The van der Waals surface area contributed by atoms with E-state index >= 15 is 0 Å². The molecule has 0 amide bonds. The molecule has 2 heterocycles. The lowest BCUT2D eigenvalue weighted by Crippen LogP contribution is -2.19. The van der Waals surface area contributed by atoms with E-state index in [0.29, 0.717) is 13.2 Å². The molecular weight excluding hydrogens is 276 g/mol. The summed E-state index contributed by atoms with van der Waals surface area (Å²) < 4.78 is 7.68. The average molecular weight is 297 g/mol. The summed E-state index contributed by atoms with van der Waals surface area (Å²) in [5.41, 5.74) is 1.74. The minimum Gasteiger partial charge on any atom is -0.378 e. The van der Waals surface area contributed by atoms with Crippen molar-refractivity contribution in [2.45, 2.75) is 18.8 Å². The van der Waals surface area contributed by atoms with Crippen LogP contribution in [0, 0.1) is 0 Å². The second kappa shape index (κ2) is 7.02. The van der Waals surface area contributed by atoms with Crippen molar-refractivity contribution in [1.82, 2.24) is 19.4 Å². The number of pyridine rings is 1. The van der Waals surface area contributed by atoms with E-state index in [1.165, 1.54) is 0 Å². The number of aromatic nitrogens is 3. The molecule has 0 radical (unpaired) electrons. The van der Waals surface area contributed by atoms with Crippen LogP contribution in [0.4, 0.5) is 0 Å². The Morgan fingerprint density at radius 1 is 1.40 bits per heavy atom. The highest BCUT2D eigenvalue weighted by molar-refractivity contribution is 6.20. The van der Waals surface area contributed by atoms with E-state index < -0.39 is 0 Å². The molecular formula is C14H21ClN4O. The van der Waals surface area contributed by atoms with Gasteiger partial charge in [-0.05, 0) is 33.2 Å². The average Bonchev–Trinajstić information content (AvgIpc) is 2.77. The van der Waals surface area contributed by atoms with E-state index in [4.69, 9.17) is 16.3 Å². The Labute approximate surface area is 124 Å². The summed E-state index contributed by atoms with van der Waals surface area (Å²) in [7, 11) is 4.06. The Morgan fingerprint density at radius 2 is 2.20 bits per heavy atom. The van der Waals surface area contributed by atoms with Crippen LogP contribution in [0.3, 0.4) is 0 Å². The number of fused-ring (bicyclic) bond motifs is 1. The highest BCUT2D eigenvalue weighted by Crippen LogP contribution is 2.23. The van der Waals surface area contributed by atoms with Crippen LogP contribution in [-0.4, -0.2) is 53.3 Å². The van der Waals surface area contributed by atoms with Crippen molar-refractivity contribution >= 4 is 22.8 Å². The fourth-order valence-electron chi connectivity index (χ4n) is 2.01. The van der Waals surface area contributed by atoms with Gasteiger partial charge in [0, 0.05) is 19.3 Å². The molecule has 0 saturated carbocycles. The van der Waals surface area contributed by atoms with Crippen molar-refractivity contribution in [2.75, 3.05) is 33.9 Å². The maximum Gasteiger partial charge on any atom is 0.160 e. The standard InChI is InChI=1S/C14H21ClN4O/c1-11(15)13-17-12-5-4-6-16-14(12)19(13)8-10-20-9-7-18(2)3/h4-6,11H,7-10H2,1-3H3. The van der Waals surface area contributed by atoms with Crippen LogP contribution in [0.2, 0.25) is 0 Å². The summed E-state index contributed by atoms with van der Waals surface area (Å²) in [4.78, 5) is 11.0. The van der Waals surface area contributed by atoms with Crippen LogP contribution >= 0.6 is 11.6 Å². The predicted octanol–water partition coefficient (Wildman–Crippen LogP) is 2.31. The van der Waals surface area contributed by atoms with Crippen LogP contribution in [0.1, 0.15) is 18.1 Å². The first-order chi connectivity index (χ1) is 9.59. The third-order valence-electron chi connectivity index (χ3n) is 3.03. The van der Waals surface area contributed by atoms with Gasteiger partial charge in [-0.1, -0.05) is 0 Å². The molecule has 1 unspecified atom stereocenters. The maximum absolute atomic E-state index is 6.20. The van der Waals surface area contributed by atoms with Crippen LogP contribution < -0.4 is 0 Å². The predicted molar refractivity (Wildman–Crippen MR) is 81.2 cm³/mol. The highest BCUT2D eigenvalue weighted by Gasteiger charge is 2.15. The van der Waals surface area contributed by atoms with E-state index in [0.717, 1.165) is 30.1 Å². The molecule has 0 aliphatic carbocycles. The molecule has 0 bridgehead atoms. The van der Waals surface area contributed by atoms with Gasteiger partial charge >= 0.3 is 0 Å². The SMILES string of the molecule is CC(Cl)c1nc2cccnc2n1CCOCCN(C)C. The molecule has 2 aromatic heterocycles. The Kier molecular flexibility index (Phi) is 5.34. The van der Waals surface area contributed by atoms with Crippen LogP contribution in [0.15, 0.2) is 18.3 Å². The molecule has 0 aliphatic heterocycles. The van der Waals surface area contributed by atoms with E-state index in [2.05, 4.69) is 14.9 Å². The molecule has 0 saturated heterocycles. The van der Waals surface area contributed by atoms with Gasteiger partial charge in [-0.2, -0.15) is 0 Å². The van der Waals surface area contributed by atoms with E-state index in [1.807, 2.05) is 37.7 Å². The molecule has 0 aliphatic rings. The number of likely N-dealkylation sites (N-methyl/N-ethyl adjacent to an activating group) is 1. The van der Waals surface area contributed by atoms with Crippen LogP contribution in [0.25, 0.3) is 11.2 Å². The highest BCUT2D eigenvalue weighted by atomic mass is 35.5. The Hall–Kier alpha value is -1.17. The van der Waals surface area contributed by atoms with Gasteiger partial charge in [0.2, 0.25) is 0 Å². The number of hydrogen-bond donors (Lipinski definition) is 0. The van der Waals surface area contributed by atoms with Gasteiger partial charge in [0.1, 0.15) is 11.3 Å². The summed E-state index contributed by atoms with van der Waals surface area (Å²) in [5, 5.41) is -0.147. The lowest BCUT2D eigenvalue weighted by Gasteiger charge is -2.12. The zero-order valence-electron chi connectivity index (χ0n) is 12.2. The van der Waals surface area contributed by atoms with Crippen LogP contribution in [-0.2, 0) is 11.3 Å². The Morgan fingerprint density at radius 3 is 2.90 bits per heavy atom. The van der Waals surface area contributed by atoms with Crippen molar-refractivity contribution in [3.05, 3.63) is 24.2 Å². The second-order valence-corrected chi connectivity index (χ2v) is 5.65. The lowest BCUT2D eigenvalue weighted by molar-refractivity contribution is 0.111. The lowest BCUT2D eigenvalue weighted by atomic mass is 10.4. The van der Waals surface area contributed by atoms with Crippen molar-refractivity contribution in [1.29, 1.82) is 0 Å². The molecule has 20 heavy (non-hydrogen) atoms. The molecule has 6 heteroatoms. The van der Waals surface area contributed by atoms with E-state index in [-0.39, 0.29) is 5.38 Å². The summed E-state index contributed by atoms with van der Waals surface area (Å²) in [6, 6.07) is 3.84. The Balaban J connectivity index is 2.06. The number of imidazole rings is 1. The quantitative estimate of drug-likeness (QED) is 0.581. The minimum absolute atomic E-state index is 0.147. The molecule has 5 nitrogen and oxygen atoms in total. The second-order valence-electron chi connectivity index (χ2n) is 5.00.